The summed E-state index contributed by atoms with van der Waals surface area (Å²) < 4.78 is 0. The molecule has 1 aromatic carbocycles. The molecule has 3 rings (SSSR count). The topological polar surface area (TPSA) is 19.7 Å². The van der Waals surface area contributed by atoms with Gasteiger partial charge in [-0.25, -0.2) is 0 Å². The van der Waals surface area contributed by atoms with Gasteiger partial charge in [-0.05, 0) is 31.1 Å². The third-order valence-electron chi connectivity index (χ3n) is 5.09. The number of quaternary nitrogens is 1. The standard InChI is InChI=1S/C18H26ClN3S/c19-17-9-5-4-6-15(17)14-21-10-12-22(13-11-21)18(23)20-16-7-2-1-3-8-16/h4-6,9,16H,1-3,7-8,10-14H2,(H,20,23)/p+1. The molecule has 2 fully saturated rings. The molecule has 0 spiro atoms. The Kier molecular flexibility index (Phi) is 6.15. The van der Waals surface area contributed by atoms with Crippen LogP contribution in [0.25, 0.3) is 0 Å². The van der Waals surface area contributed by atoms with Gasteiger partial charge in [-0.1, -0.05) is 49.1 Å². The molecule has 1 saturated carbocycles. The number of benzene rings is 1. The lowest BCUT2D eigenvalue weighted by atomic mass is 9.96. The van der Waals surface area contributed by atoms with E-state index >= 15 is 0 Å². The van der Waals surface area contributed by atoms with Gasteiger partial charge in [0, 0.05) is 16.6 Å². The van der Waals surface area contributed by atoms with E-state index in [4.69, 9.17) is 23.8 Å². The lowest BCUT2D eigenvalue weighted by Gasteiger charge is -2.35. The van der Waals surface area contributed by atoms with Crippen molar-refractivity contribution in [2.24, 2.45) is 0 Å². The predicted molar refractivity (Wildman–Crippen MR) is 100 cm³/mol. The average molecular weight is 353 g/mol. The lowest BCUT2D eigenvalue weighted by Crippen LogP contribution is -3.13. The predicted octanol–water partition coefficient (Wildman–Crippen LogP) is 2.25. The summed E-state index contributed by atoms with van der Waals surface area (Å²) in [5, 5.41) is 5.44. The maximum absolute atomic E-state index is 6.28. The molecular formula is C18H27ClN3S+. The first-order chi connectivity index (χ1) is 11.2. The van der Waals surface area contributed by atoms with Gasteiger partial charge in [0.25, 0.3) is 0 Å². The van der Waals surface area contributed by atoms with Crippen LogP contribution in [0, 0.1) is 0 Å². The first-order valence-corrected chi connectivity index (χ1v) is 9.63. The highest BCUT2D eigenvalue weighted by molar-refractivity contribution is 7.80. The van der Waals surface area contributed by atoms with Gasteiger partial charge in [0.1, 0.15) is 6.54 Å². The van der Waals surface area contributed by atoms with E-state index in [1.54, 1.807) is 4.90 Å². The Morgan fingerprint density at radius 1 is 1.17 bits per heavy atom. The van der Waals surface area contributed by atoms with Crippen LogP contribution in [0.2, 0.25) is 5.02 Å². The van der Waals surface area contributed by atoms with Gasteiger partial charge in [0.05, 0.1) is 26.2 Å². The average Bonchev–Trinajstić information content (AvgIpc) is 2.58. The van der Waals surface area contributed by atoms with Crippen LogP contribution in [0.5, 0.6) is 0 Å². The van der Waals surface area contributed by atoms with Crippen LogP contribution >= 0.6 is 23.8 Å². The minimum absolute atomic E-state index is 0.602. The van der Waals surface area contributed by atoms with Gasteiger partial charge in [-0.2, -0.15) is 0 Å². The molecule has 0 amide bonds. The van der Waals surface area contributed by atoms with E-state index in [-0.39, 0.29) is 0 Å². The van der Waals surface area contributed by atoms with Gasteiger partial charge in [-0.3, -0.25) is 0 Å². The number of nitrogens with zero attached hydrogens (tertiary/aromatic N) is 1. The second-order valence-corrected chi connectivity index (χ2v) is 7.58. The molecule has 1 aliphatic heterocycles. The summed E-state index contributed by atoms with van der Waals surface area (Å²) in [6, 6.07) is 8.78. The number of hydrogen-bond donors (Lipinski definition) is 2. The molecule has 0 aromatic heterocycles. The largest absolute Gasteiger partial charge is 0.360 e. The zero-order valence-corrected chi connectivity index (χ0v) is 15.3. The summed E-state index contributed by atoms with van der Waals surface area (Å²) >= 11 is 11.9. The minimum atomic E-state index is 0.602. The van der Waals surface area contributed by atoms with E-state index in [0.29, 0.717) is 6.04 Å². The fourth-order valence-electron chi connectivity index (χ4n) is 3.63. The molecule has 126 valence electrons. The van der Waals surface area contributed by atoms with Crippen molar-refractivity contribution in [3.05, 3.63) is 34.9 Å². The Morgan fingerprint density at radius 3 is 2.57 bits per heavy atom. The molecule has 2 N–H and O–H groups in total. The molecule has 0 atom stereocenters. The summed E-state index contributed by atoms with van der Waals surface area (Å²) in [6.45, 7) is 5.34. The van der Waals surface area contributed by atoms with Gasteiger partial charge in [0.15, 0.2) is 5.11 Å². The quantitative estimate of drug-likeness (QED) is 0.814. The Balaban J connectivity index is 1.44. The van der Waals surface area contributed by atoms with Crippen molar-refractivity contribution in [3.63, 3.8) is 0 Å². The molecule has 0 bridgehead atoms. The van der Waals surface area contributed by atoms with Crippen LogP contribution in [-0.2, 0) is 6.54 Å². The lowest BCUT2D eigenvalue weighted by molar-refractivity contribution is -0.917. The molecule has 0 radical (unpaired) electrons. The zero-order valence-electron chi connectivity index (χ0n) is 13.7. The van der Waals surface area contributed by atoms with E-state index in [9.17, 15) is 0 Å². The van der Waals surface area contributed by atoms with Crippen molar-refractivity contribution < 1.29 is 4.90 Å². The molecule has 5 heteroatoms. The molecule has 1 saturated heterocycles. The Labute approximate surface area is 150 Å². The van der Waals surface area contributed by atoms with Crippen molar-refractivity contribution in [1.29, 1.82) is 0 Å². The fraction of sp³-hybridized carbons (Fsp3) is 0.611. The number of nitrogens with one attached hydrogen (secondary N) is 2. The van der Waals surface area contributed by atoms with E-state index in [0.717, 1.165) is 42.9 Å². The molecule has 3 nitrogen and oxygen atoms in total. The second-order valence-electron chi connectivity index (χ2n) is 6.79. The van der Waals surface area contributed by atoms with Crippen LogP contribution in [0.1, 0.15) is 37.7 Å². The van der Waals surface area contributed by atoms with E-state index in [1.165, 1.54) is 37.7 Å². The molecule has 23 heavy (non-hydrogen) atoms. The molecule has 1 heterocycles. The van der Waals surface area contributed by atoms with Crippen molar-refractivity contribution in [3.8, 4) is 0 Å². The highest BCUT2D eigenvalue weighted by atomic mass is 35.5. The monoisotopic (exact) mass is 352 g/mol. The van der Waals surface area contributed by atoms with Gasteiger partial charge in [0.2, 0.25) is 0 Å². The van der Waals surface area contributed by atoms with Crippen molar-refractivity contribution in [1.82, 2.24) is 10.2 Å². The van der Waals surface area contributed by atoms with E-state index in [1.807, 2.05) is 12.1 Å². The number of halogens is 1. The highest BCUT2D eigenvalue weighted by Crippen LogP contribution is 2.17. The van der Waals surface area contributed by atoms with Crippen LogP contribution in [0.4, 0.5) is 0 Å². The zero-order chi connectivity index (χ0) is 16.1. The normalized spacial score (nSPS) is 20.5. The van der Waals surface area contributed by atoms with Gasteiger partial charge in [-0.15, -0.1) is 0 Å². The molecule has 1 aromatic rings. The highest BCUT2D eigenvalue weighted by Gasteiger charge is 2.24. The second kappa shape index (κ2) is 8.32. The smallest absolute Gasteiger partial charge is 0.169 e. The van der Waals surface area contributed by atoms with Crippen molar-refractivity contribution >= 4 is 28.9 Å². The van der Waals surface area contributed by atoms with Crippen molar-refractivity contribution in [2.75, 3.05) is 26.2 Å². The SMILES string of the molecule is S=C(NC1CCCCC1)N1CC[NH+](Cc2ccccc2Cl)CC1. The van der Waals surface area contributed by atoms with Crippen LogP contribution in [0.3, 0.4) is 0 Å². The molecular weight excluding hydrogens is 326 g/mol. The Morgan fingerprint density at radius 2 is 1.87 bits per heavy atom. The van der Waals surface area contributed by atoms with Crippen molar-refractivity contribution in [2.45, 2.75) is 44.7 Å². The summed E-state index contributed by atoms with van der Waals surface area (Å²) in [5.74, 6) is 0. The number of thiocarbonyl (C=S) groups is 1. The number of rotatable bonds is 3. The van der Waals surface area contributed by atoms with Gasteiger partial charge < -0.3 is 15.1 Å². The number of hydrogen-bond acceptors (Lipinski definition) is 1. The third-order valence-corrected chi connectivity index (χ3v) is 5.83. The maximum Gasteiger partial charge on any atom is 0.169 e. The number of piperazine rings is 1. The van der Waals surface area contributed by atoms with E-state index in [2.05, 4.69) is 22.3 Å². The summed E-state index contributed by atoms with van der Waals surface area (Å²) in [6.07, 6.45) is 6.62. The summed E-state index contributed by atoms with van der Waals surface area (Å²) in [4.78, 5) is 3.94. The first kappa shape index (κ1) is 17.0. The molecule has 0 unspecified atom stereocenters. The third kappa shape index (κ3) is 4.82. The Bertz CT molecular complexity index is 523. The van der Waals surface area contributed by atoms with Gasteiger partial charge >= 0.3 is 0 Å². The van der Waals surface area contributed by atoms with Crippen LogP contribution in [0.15, 0.2) is 24.3 Å². The molecule has 1 aliphatic carbocycles. The van der Waals surface area contributed by atoms with Crippen LogP contribution in [-0.4, -0.2) is 42.2 Å². The van der Waals surface area contributed by atoms with Crippen LogP contribution < -0.4 is 10.2 Å². The summed E-state index contributed by atoms with van der Waals surface area (Å²) in [5.41, 5.74) is 1.25. The first-order valence-electron chi connectivity index (χ1n) is 8.85. The summed E-state index contributed by atoms with van der Waals surface area (Å²) in [7, 11) is 0. The van der Waals surface area contributed by atoms with E-state index < -0.39 is 0 Å². The molecule has 2 aliphatic rings. The minimum Gasteiger partial charge on any atom is -0.360 e. The Hall–Kier alpha value is -0.840. The maximum atomic E-state index is 6.28. The fourth-order valence-corrected chi connectivity index (χ4v) is 4.18.